The van der Waals surface area contributed by atoms with Gasteiger partial charge in [0.2, 0.25) is 5.89 Å². The minimum Gasteiger partial charge on any atom is -0.493 e. The van der Waals surface area contributed by atoms with Crippen LogP contribution in [0.25, 0.3) is 0 Å². The summed E-state index contributed by atoms with van der Waals surface area (Å²) in [5.74, 6) is 2.20. The normalized spacial score (nSPS) is 17.3. The SMILES string of the molecule is COc1cccc(C(=O)N2CCC(c3nc(C)no3)C2)c1OC. The van der Waals surface area contributed by atoms with Crippen LogP contribution in [0, 0.1) is 6.92 Å². The highest BCUT2D eigenvalue weighted by molar-refractivity contribution is 5.98. The van der Waals surface area contributed by atoms with E-state index in [2.05, 4.69) is 10.1 Å². The molecule has 0 radical (unpaired) electrons. The zero-order valence-electron chi connectivity index (χ0n) is 13.4. The molecule has 7 heteroatoms. The van der Waals surface area contributed by atoms with Crippen molar-refractivity contribution in [2.45, 2.75) is 19.3 Å². The molecular formula is C16H19N3O4. The number of aromatic nitrogens is 2. The molecule has 0 bridgehead atoms. The van der Waals surface area contributed by atoms with Gasteiger partial charge >= 0.3 is 0 Å². The van der Waals surface area contributed by atoms with E-state index < -0.39 is 0 Å². The van der Waals surface area contributed by atoms with Gasteiger partial charge in [0.05, 0.1) is 25.7 Å². The Kier molecular flexibility index (Phi) is 4.18. The number of nitrogens with zero attached hydrogens (tertiary/aromatic N) is 3. The van der Waals surface area contributed by atoms with Crippen molar-refractivity contribution in [3.8, 4) is 11.5 Å². The number of benzene rings is 1. The molecule has 2 aromatic rings. The van der Waals surface area contributed by atoms with Gasteiger partial charge in [0.25, 0.3) is 5.91 Å². The Balaban J connectivity index is 1.79. The Morgan fingerprint density at radius 3 is 2.83 bits per heavy atom. The lowest BCUT2D eigenvalue weighted by Gasteiger charge is -2.18. The maximum Gasteiger partial charge on any atom is 0.257 e. The van der Waals surface area contributed by atoms with Crippen LogP contribution in [-0.2, 0) is 0 Å². The van der Waals surface area contributed by atoms with Gasteiger partial charge in [-0.25, -0.2) is 0 Å². The number of carbonyl (C=O) groups is 1. The monoisotopic (exact) mass is 317 g/mol. The standard InChI is InChI=1S/C16H19N3O4/c1-10-17-15(23-18-10)11-7-8-19(9-11)16(20)12-5-4-6-13(21-2)14(12)22-3/h4-6,11H,7-9H2,1-3H3. The number of hydrogen-bond acceptors (Lipinski definition) is 6. The minimum atomic E-state index is -0.0838. The van der Waals surface area contributed by atoms with Gasteiger partial charge < -0.3 is 18.9 Å². The van der Waals surface area contributed by atoms with E-state index in [-0.39, 0.29) is 11.8 Å². The number of para-hydroxylation sites is 1. The van der Waals surface area contributed by atoms with Gasteiger partial charge in [-0.1, -0.05) is 11.2 Å². The van der Waals surface area contributed by atoms with Crippen LogP contribution >= 0.6 is 0 Å². The van der Waals surface area contributed by atoms with Crippen molar-refractivity contribution in [3.05, 3.63) is 35.5 Å². The molecule has 2 heterocycles. The summed E-state index contributed by atoms with van der Waals surface area (Å²) in [5.41, 5.74) is 0.495. The zero-order chi connectivity index (χ0) is 16.4. The Labute approximate surface area is 134 Å². The molecule has 122 valence electrons. The van der Waals surface area contributed by atoms with E-state index in [1.807, 2.05) is 0 Å². The molecule has 1 aliphatic rings. The van der Waals surface area contributed by atoms with Gasteiger partial charge in [0, 0.05) is 13.1 Å². The highest BCUT2D eigenvalue weighted by Crippen LogP contribution is 2.33. The summed E-state index contributed by atoms with van der Waals surface area (Å²) in [7, 11) is 3.08. The smallest absolute Gasteiger partial charge is 0.257 e. The van der Waals surface area contributed by atoms with Crippen molar-refractivity contribution in [3.63, 3.8) is 0 Å². The summed E-state index contributed by atoms with van der Waals surface area (Å²) in [6.45, 7) is 2.98. The van der Waals surface area contributed by atoms with E-state index in [0.29, 0.717) is 41.9 Å². The third kappa shape index (κ3) is 2.86. The number of ether oxygens (including phenoxy) is 2. The fourth-order valence-corrected chi connectivity index (χ4v) is 2.85. The molecule has 3 rings (SSSR count). The minimum absolute atomic E-state index is 0.0803. The number of amides is 1. The molecule has 1 atom stereocenters. The first-order chi connectivity index (χ1) is 11.1. The number of aryl methyl sites for hydroxylation is 1. The van der Waals surface area contributed by atoms with Crippen LogP contribution in [0.3, 0.4) is 0 Å². The fourth-order valence-electron chi connectivity index (χ4n) is 2.85. The second-order valence-electron chi connectivity index (χ2n) is 5.46. The molecule has 23 heavy (non-hydrogen) atoms. The van der Waals surface area contributed by atoms with E-state index in [0.717, 1.165) is 6.42 Å². The maximum absolute atomic E-state index is 12.8. The molecule has 1 unspecified atom stereocenters. The van der Waals surface area contributed by atoms with Crippen LogP contribution in [0.1, 0.15) is 34.4 Å². The highest BCUT2D eigenvalue weighted by atomic mass is 16.5. The van der Waals surface area contributed by atoms with E-state index >= 15 is 0 Å². The van der Waals surface area contributed by atoms with Gasteiger partial charge in [0.1, 0.15) is 0 Å². The molecule has 0 spiro atoms. The molecule has 0 aliphatic carbocycles. The number of methoxy groups -OCH3 is 2. The van der Waals surface area contributed by atoms with Crippen LogP contribution in [0.4, 0.5) is 0 Å². The van der Waals surface area contributed by atoms with Gasteiger partial charge in [-0.15, -0.1) is 0 Å². The Bertz CT molecular complexity index is 713. The average Bonchev–Trinajstić information content (AvgIpc) is 3.22. The lowest BCUT2D eigenvalue weighted by molar-refractivity contribution is 0.0785. The molecule has 1 saturated heterocycles. The van der Waals surface area contributed by atoms with Crippen LogP contribution in [-0.4, -0.2) is 48.3 Å². The number of carbonyl (C=O) groups excluding carboxylic acids is 1. The van der Waals surface area contributed by atoms with Crippen molar-refractivity contribution in [1.82, 2.24) is 15.0 Å². The van der Waals surface area contributed by atoms with Gasteiger partial charge in [-0.05, 0) is 25.5 Å². The second-order valence-corrected chi connectivity index (χ2v) is 5.46. The predicted octanol–water partition coefficient (Wildman–Crippen LogP) is 2.02. The van der Waals surface area contributed by atoms with E-state index in [4.69, 9.17) is 14.0 Å². The first-order valence-electron chi connectivity index (χ1n) is 7.44. The molecule has 0 N–H and O–H groups in total. The summed E-state index contributed by atoms with van der Waals surface area (Å²) in [6, 6.07) is 5.29. The molecular weight excluding hydrogens is 298 g/mol. The number of hydrogen-bond donors (Lipinski definition) is 0. The van der Waals surface area contributed by atoms with Crippen molar-refractivity contribution in [2.24, 2.45) is 0 Å². The molecule has 1 aromatic carbocycles. The fraction of sp³-hybridized carbons (Fsp3) is 0.438. The third-order valence-electron chi connectivity index (χ3n) is 4.00. The third-order valence-corrected chi connectivity index (χ3v) is 4.00. The molecule has 1 amide bonds. The van der Waals surface area contributed by atoms with E-state index in [9.17, 15) is 4.79 Å². The van der Waals surface area contributed by atoms with Crippen LogP contribution in [0.2, 0.25) is 0 Å². The van der Waals surface area contributed by atoms with Crippen molar-refractivity contribution in [1.29, 1.82) is 0 Å². The quantitative estimate of drug-likeness (QED) is 0.858. The molecule has 1 fully saturated rings. The highest BCUT2D eigenvalue weighted by Gasteiger charge is 2.32. The Morgan fingerprint density at radius 2 is 2.17 bits per heavy atom. The second kappa shape index (κ2) is 6.28. The van der Waals surface area contributed by atoms with Crippen LogP contribution in [0.15, 0.2) is 22.7 Å². The summed E-state index contributed by atoms with van der Waals surface area (Å²) < 4.78 is 15.8. The topological polar surface area (TPSA) is 77.7 Å². The first-order valence-corrected chi connectivity index (χ1v) is 7.44. The Hall–Kier alpha value is -2.57. The van der Waals surface area contributed by atoms with Gasteiger partial charge in [-0.3, -0.25) is 4.79 Å². The zero-order valence-corrected chi connectivity index (χ0v) is 13.4. The summed E-state index contributed by atoms with van der Waals surface area (Å²) in [5, 5.41) is 3.81. The first kappa shape index (κ1) is 15.3. The van der Waals surface area contributed by atoms with Crippen LogP contribution in [0.5, 0.6) is 11.5 Å². The maximum atomic E-state index is 12.8. The average molecular weight is 317 g/mol. The summed E-state index contributed by atoms with van der Waals surface area (Å²) in [6.07, 6.45) is 0.805. The molecule has 1 aliphatic heterocycles. The van der Waals surface area contributed by atoms with E-state index in [1.54, 1.807) is 37.1 Å². The van der Waals surface area contributed by atoms with Crippen molar-refractivity contribution >= 4 is 5.91 Å². The largest absolute Gasteiger partial charge is 0.493 e. The van der Waals surface area contributed by atoms with Gasteiger partial charge in [-0.2, -0.15) is 4.98 Å². The summed E-state index contributed by atoms with van der Waals surface area (Å²) >= 11 is 0. The van der Waals surface area contributed by atoms with Crippen molar-refractivity contribution < 1.29 is 18.8 Å². The molecule has 1 aromatic heterocycles. The molecule has 0 saturated carbocycles. The molecule has 7 nitrogen and oxygen atoms in total. The summed E-state index contributed by atoms with van der Waals surface area (Å²) in [4.78, 5) is 18.8. The number of rotatable bonds is 4. The van der Waals surface area contributed by atoms with Gasteiger partial charge in [0.15, 0.2) is 17.3 Å². The lowest BCUT2D eigenvalue weighted by atomic mass is 10.1. The van der Waals surface area contributed by atoms with Crippen molar-refractivity contribution in [2.75, 3.05) is 27.3 Å². The number of likely N-dealkylation sites (tertiary alicyclic amines) is 1. The van der Waals surface area contributed by atoms with Crippen LogP contribution < -0.4 is 9.47 Å². The van der Waals surface area contributed by atoms with E-state index in [1.165, 1.54) is 7.11 Å². The lowest BCUT2D eigenvalue weighted by Crippen LogP contribution is -2.29. The predicted molar refractivity (Wildman–Crippen MR) is 81.8 cm³/mol. The Morgan fingerprint density at radius 1 is 1.35 bits per heavy atom.